The summed E-state index contributed by atoms with van der Waals surface area (Å²) in [5.41, 5.74) is 1.48. The molecule has 4 saturated carbocycles. The van der Waals surface area contributed by atoms with Crippen molar-refractivity contribution < 1.29 is 19.4 Å². The van der Waals surface area contributed by atoms with Gasteiger partial charge in [0, 0.05) is 13.2 Å². The lowest BCUT2D eigenvalue weighted by Gasteiger charge is -2.54. The molecule has 4 aliphatic rings. The number of aromatic nitrogens is 3. The van der Waals surface area contributed by atoms with Crippen molar-refractivity contribution in [2.45, 2.75) is 69.7 Å². The molecule has 0 spiro atoms. The minimum Gasteiger partial charge on any atom is -0.390 e. The molecule has 0 unspecified atom stereocenters. The Kier molecular flexibility index (Phi) is 7.55. The SMILES string of the molecule is CNc1cc(-c2ccc3cc(C#N)cnn23)ncc1C(=O)NC[C@@H](F)C(C)(C)O.OC12CC3CC(CC(C3)C1)C2. The molecule has 212 valence electrons. The highest BCUT2D eigenvalue weighted by molar-refractivity contribution is 5.99. The minimum absolute atomic E-state index is 0.200. The van der Waals surface area contributed by atoms with Crippen LogP contribution >= 0.6 is 0 Å². The number of nitriles is 1. The van der Waals surface area contributed by atoms with E-state index >= 15 is 0 Å². The molecular formula is C30H37FN6O3. The third kappa shape index (κ3) is 5.81. The summed E-state index contributed by atoms with van der Waals surface area (Å²) in [7, 11) is 1.67. The van der Waals surface area contributed by atoms with Gasteiger partial charge < -0.3 is 20.8 Å². The second-order valence-electron chi connectivity index (χ2n) is 12.2. The molecule has 4 N–H and O–H groups in total. The lowest BCUT2D eigenvalue weighted by molar-refractivity contribution is -0.124. The highest BCUT2D eigenvalue weighted by Crippen LogP contribution is 2.55. The Morgan fingerprint density at radius 3 is 2.40 bits per heavy atom. The van der Waals surface area contributed by atoms with Crippen molar-refractivity contribution in [1.29, 1.82) is 5.26 Å². The van der Waals surface area contributed by atoms with Crippen molar-refractivity contribution in [3.8, 4) is 17.5 Å². The first-order valence-corrected chi connectivity index (χ1v) is 13.9. The van der Waals surface area contributed by atoms with Crippen LogP contribution in [0, 0.1) is 29.1 Å². The van der Waals surface area contributed by atoms with Crippen LogP contribution in [0.25, 0.3) is 16.9 Å². The maximum Gasteiger partial charge on any atom is 0.255 e. The third-order valence-corrected chi connectivity index (χ3v) is 8.52. The average molecular weight is 549 g/mol. The van der Waals surface area contributed by atoms with Crippen LogP contribution in [-0.2, 0) is 0 Å². The number of alkyl halides is 1. The molecule has 3 aromatic heterocycles. The number of fused-ring (bicyclic) bond motifs is 1. The van der Waals surface area contributed by atoms with E-state index in [1.807, 2.05) is 18.2 Å². The summed E-state index contributed by atoms with van der Waals surface area (Å²) >= 11 is 0. The van der Waals surface area contributed by atoms with Gasteiger partial charge in [-0.25, -0.2) is 8.91 Å². The van der Waals surface area contributed by atoms with Crippen molar-refractivity contribution in [3.05, 3.63) is 47.8 Å². The van der Waals surface area contributed by atoms with E-state index in [0.717, 1.165) is 42.5 Å². The summed E-state index contributed by atoms with van der Waals surface area (Å²) in [5, 5.41) is 38.4. The van der Waals surface area contributed by atoms with E-state index in [1.54, 1.807) is 23.7 Å². The number of halogens is 1. The number of nitrogens with zero attached hydrogens (tertiary/aromatic N) is 4. The van der Waals surface area contributed by atoms with E-state index in [2.05, 4.69) is 20.7 Å². The first-order chi connectivity index (χ1) is 19.0. The standard InChI is InChI=1S/C20H21FN6O2.C10H16O/c1-20(2,29)18(21)11-25-19(28)14-10-24-16(7-15(14)23-3)17-5-4-13-6-12(8-22)9-26-27(13)17;11-10-4-7-1-8(5-10)3-9(2-7)6-10/h4-7,9-10,18,29H,11H2,1-3H3,(H,23,24)(H,25,28);7-9,11H,1-6H2/t18-;/m1./s1. The summed E-state index contributed by atoms with van der Waals surface area (Å²) in [6.45, 7) is 2.37. The molecule has 10 heteroatoms. The van der Waals surface area contributed by atoms with E-state index < -0.39 is 17.7 Å². The molecule has 7 rings (SSSR count). The number of carbonyl (C=O) groups excluding carboxylic acids is 1. The van der Waals surface area contributed by atoms with Gasteiger partial charge in [0.05, 0.1) is 57.7 Å². The van der Waals surface area contributed by atoms with Crippen molar-refractivity contribution in [2.24, 2.45) is 17.8 Å². The third-order valence-electron chi connectivity index (χ3n) is 8.52. The second kappa shape index (κ2) is 10.8. The number of hydrogen-bond acceptors (Lipinski definition) is 7. The molecule has 0 saturated heterocycles. The molecule has 40 heavy (non-hydrogen) atoms. The van der Waals surface area contributed by atoms with Crippen LogP contribution in [0.5, 0.6) is 0 Å². The van der Waals surface area contributed by atoms with E-state index in [-0.39, 0.29) is 17.7 Å². The van der Waals surface area contributed by atoms with Gasteiger partial charge in [-0.05, 0) is 94.4 Å². The molecule has 0 radical (unpaired) electrons. The predicted octanol–water partition coefficient (Wildman–Crippen LogP) is 4.10. The maximum atomic E-state index is 13.9. The summed E-state index contributed by atoms with van der Waals surface area (Å²) < 4.78 is 15.5. The van der Waals surface area contributed by atoms with Crippen molar-refractivity contribution >= 4 is 17.1 Å². The van der Waals surface area contributed by atoms with Gasteiger partial charge in [-0.15, -0.1) is 0 Å². The van der Waals surface area contributed by atoms with Gasteiger partial charge in [0.15, 0.2) is 0 Å². The molecule has 3 heterocycles. The van der Waals surface area contributed by atoms with Gasteiger partial charge in [0.25, 0.3) is 5.91 Å². The quantitative estimate of drug-likeness (QED) is 0.364. The zero-order valence-corrected chi connectivity index (χ0v) is 23.2. The molecule has 0 aromatic carbocycles. The van der Waals surface area contributed by atoms with Crippen LogP contribution < -0.4 is 10.6 Å². The Morgan fingerprint density at radius 2 is 1.85 bits per heavy atom. The summed E-state index contributed by atoms with van der Waals surface area (Å²) in [5.74, 6) is 2.18. The Morgan fingerprint density at radius 1 is 1.20 bits per heavy atom. The molecule has 1 amide bonds. The summed E-state index contributed by atoms with van der Waals surface area (Å²) in [6.07, 6.45) is 8.92. The first-order valence-electron chi connectivity index (χ1n) is 13.9. The fourth-order valence-electron chi connectivity index (χ4n) is 6.83. The number of carbonyl (C=O) groups is 1. The zero-order chi connectivity index (χ0) is 28.7. The number of pyridine rings is 1. The van der Waals surface area contributed by atoms with E-state index in [9.17, 15) is 19.4 Å². The van der Waals surface area contributed by atoms with E-state index in [4.69, 9.17) is 5.26 Å². The fourth-order valence-corrected chi connectivity index (χ4v) is 6.83. The molecule has 4 fully saturated rings. The average Bonchev–Trinajstić information content (AvgIpc) is 3.32. The highest BCUT2D eigenvalue weighted by Gasteiger charge is 2.49. The van der Waals surface area contributed by atoms with Gasteiger partial charge in [-0.1, -0.05) is 0 Å². The highest BCUT2D eigenvalue weighted by atomic mass is 19.1. The van der Waals surface area contributed by atoms with Gasteiger partial charge in [0.1, 0.15) is 12.2 Å². The Hall–Kier alpha value is -3.55. The number of rotatable bonds is 6. The van der Waals surface area contributed by atoms with Gasteiger partial charge in [-0.2, -0.15) is 10.4 Å². The Bertz CT molecular complexity index is 1400. The molecule has 9 nitrogen and oxygen atoms in total. The van der Waals surface area contributed by atoms with Crippen LogP contribution in [0.2, 0.25) is 0 Å². The summed E-state index contributed by atoms with van der Waals surface area (Å²) in [6, 6.07) is 9.10. The van der Waals surface area contributed by atoms with Crippen molar-refractivity contribution in [1.82, 2.24) is 19.9 Å². The molecule has 4 bridgehead atoms. The predicted molar refractivity (Wildman–Crippen MR) is 149 cm³/mol. The normalized spacial score (nSPS) is 25.6. The minimum atomic E-state index is -1.60. The first kappa shape index (κ1) is 28.0. The smallest absolute Gasteiger partial charge is 0.255 e. The van der Waals surface area contributed by atoms with E-state index in [1.165, 1.54) is 45.5 Å². The number of aliphatic hydroxyl groups is 2. The van der Waals surface area contributed by atoms with Gasteiger partial charge >= 0.3 is 0 Å². The second-order valence-corrected chi connectivity index (χ2v) is 12.2. The maximum absolute atomic E-state index is 13.9. The molecule has 4 aliphatic carbocycles. The fraction of sp³-hybridized carbons (Fsp3) is 0.533. The van der Waals surface area contributed by atoms with E-state index in [0.29, 0.717) is 22.6 Å². The van der Waals surface area contributed by atoms with Crippen LogP contribution in [0.3, 0.4) is 0 Å². The largest absolute Gasteiger partial charge is 0.390 e. The topological polar surface area (TPSA) is 136 Å². The molecule has 0 aliphatic heterocycles. The van der Waals surface area contributed by atoms with Crippen molar-refractivity contribution in [3.63, 3.8) is 0 Å². The molecule has 1 atom stereocenters. The number of anilines is 1. The van der Waals surface area contributed by atoms with Crippen molar-refractivity contribution in [2.75, 3.05) is 18.9 Å². The van der Waals surface area contributed by atoms with Gasteiger partial charge in [-0.3, -0.25) is 9.78 Å². The Labute approximate surface area is 233 Å². The lowest BCUT2D eigenvalue weighted by Crippen LogP contribution is -2.50. The Balaban J connectivity index is 0.000000240. The van der Waals surface area contributed by atoms with Crippen LogP contribution in [0.4, 0.5) is 10.1 Å². The number of nitrogens with one attached hydrogen (secondary N) is 2. The van der Waals surface area contributed by atoms with Crippen LogP contribution in [-0.4, -0.2) is 61.7 Å². The monoisotopic (exact) mass is 548 g/mol. The number of amides is 1. The van der Waals surface area contributed by atoms with Crippen LogP contribution in [0.1, 0.15) is 68.3 Å². The molecule has 3 aromatic rings. The van der Waals surface area contributed by atoms with Gasteiger partial charge in [0.2, 0.25) is 0 Å². The van der Waals surface area contributed by atoms with Crippen LogP contribution in [0.15, 0.2) is 36.7 Å². The molecular weight excluding hydrogens is 511 g/mol. The number of hydrogen-bond donors (Lipinski definition) is 4. The summed E-state index contributed by atoms with van der Waals surface area (Å²) in [4.78, 5) is 16.8. The lowest BCUT2D eigenvalue weighted by atomic mass is 9.54. The zero-order valence-electron chi connectivity index (χ0n) is 23.2.